The molecule has 1 rings (SSSR count). The van der Waals surface area contributed by atoms with Gasteiger partial charge in [0.05, 0.1) is 12.5 Å². The minimum Gasteiger partial charge on any atom is -0.114 e. The van der Waals surface area contributed by atoms with Crippen molar-refractivity contribution in [3.05, 3.63) is 36.5 Å². The summed E-state index contributed by atoms with van der Waals surface area (Å²) in [6.45, 7) is 5.29. The van der Waals surface area contributed by atoms with Crippen LogP contribution in [0.2, 0.25) is 0 Å². The highest BCUT2D eigenvalue weighted by Gasteiger charge is 1.86. The second kappa shape index (κ2) is 1.72. The third-order valence-corrected chi connectivity index (χ3v) is 0.746. The van der Waals surface area contributed by atoms with Gasteiger partial charge in [-0.2, -0.15) is 0 Å². The Balaban J connectivity index is 2.66. The Morgan fingerprint density at radius 2 is 2.71 bits per heavy atom. The highest BCUT2D eigenvalue weighted by Crippen LogP contribution is 2.00. The summed E-state index contributed by atoms with van der Waals surface area (Å²) < 4.78 is 0. The molecule has 0 N–H and O–H groups in total. The van der Waals surface area contributed by atoms with Gasteiger partial charge in [-0.1, -0.05) is 17.7 Å². The Labute approximate surface area is 43.9 Å². The molecular weight excluding hydrogens is 84.1 g/mol. The lowest BCUT2D eigenvalue weighted by atomic mass is 10.1. The normalized spacial score (nSPS) is 16.9. The van der Waals surface area contributed by atoms with E-state index in [1.54, 1.807) is 6.08 Å². The van der Waals surface area contributed by atoms with Crippen molar-refractivity contribution >= 4 is 0 Å². The molecule has 0 atom stereocenters. The number of rotatable bonds is 0. The maximum Gasteiger partial charge on any atom is 0.0822 e. The van der Waals surface area contributed by atoms with Crippen LogP contribution in [0.5, 0.6) is 0 Å². The van der Waals surface area contributed by atoms with Crippen molar-refractivity contribution in [2.45, 2.75) is 6.42 Å². The largest absolute Gasteiger partial charge is 0.114 e. The first-order valence-corrected chi connectivity index (χ1v) is 2.17. The zero-order chi connectivity index (χ0) is 5.11. The lowest BCUT2D eigenvalue weighted by Crippen LogP contribution is -1.74. The van der Waals surface area contributed by atoms with E-state index in [4.69, 9.17) is 6.58 Å². The van der Waals surface area contributed by atoms with Gasteiger partial charge >= 0.3 is 0 Å². The van der Waals surface area contributed by atoms with Crippen molar-refractivity contribution in [3.8, 4) is 0 Å². The smallest absolute Gasteiger partial charge is 0.0822 e. The van der Waals surface area contributed by atoms with Gasteiger partial charge in [0.2, 0.25) is 0 Å². The summed E-state index contributed by atoms with van der Waals surface area (Å²) in [5.41, 5.74) is 0.672. The van der Waals surface area contributed by atoms with Crippen LogP contribution in [0.25, 0.3) is 0 Å². The van der Waals surface area contributed by atoms with Crippen LogP contribution in [-0.4, -0.2) is 0 Å². The average Bonchev–Trinajstić information content (AvgIpc) is 1.69. The van der Waals surface area contributed by atoms with Gasteiger partial charge in [-0.3, -0.25) is 0 Å². The average molecular weight is 89.1 g/mol. The van der Waals surface area contributed by atoms with Crippen molar-refractivity contribution in [2.75, 3.05) is 0 Å². The molecule has 0 unspecified atom stereocenters. The standard InChI is InChI=1S/C7H5/c1-7-5-3-2-4-6-7/h1,3,6H,2H2. The van der Waals surface area contributed by atoms with E-state index in [0.717, 1.165) is 6.42 Å². The van der Waals surface area contributed by atoms with E-state index >= 15 is 0 Å². The summed E-state index contributed by atoms with van der Waals surface area (Å²) in [6, 6.07) is 0. The van der Waals surface area contributed by atoms with Gasteiger partial charge in [0.25, 0.3) is 0 Å². The molecule has 0 spiro atoms. The van der Waals surface area contributed by atoms with Crippen LogP contribution in [0.1, 0.15) is 6.42 Å². The maximum atomic E-state index is 5.29. The van der Waals surface area contributed by atoms with Gasteiger partial charge in [-0.05, 0) is 0 Å². The van der Waals surface area contributed by atoms with Crippen LogP contribution in [0, 0.1) is 18.7 Å². The van der Waals surface area contributed by atoms with Gasteiger partial charge in [0.1, 0.15) is 0 Å². The Kier molecular flexibility index (Phi) is 1.06. The predicted octanol–water partition coefficient (Wildman–Crippen LogP) is 1.47. The van der Waals surface area contributed by atoms with E-state index in [-0.39, 0.29) is 0 Å². The Morgan fingerprint density at radius 1 is 1.86 bits per heavy atom. The van der Waals surface area contributed by atoms with Crippen LogP contribution in [-0.2, 0) is 0 Å². The van der Waals surface area contributed by atoms with Crippen LogP contribution in [0.3, 0.4) is 0 Å². The van der Waals surface area contributed by atoms with Gasteiger partial charge in [0, 0.05) is 6.08 Å². The molecular formula is C7H5. The molecule has 1 aliphatic rings. The van der Waals surface area contributed by atoms with E-state index in [9.17, 15) is 0 Å². The molecule has 0 heterocycles. The van der Waals surface area contributed by atoms with E-state index < -0.39 is 0 Å². The maximum absolute atomic E-state index is 5.29. The van der Waals surface area contributed by atoms with Gasteiger partial charge in [-0.15, -0.1) is 6.58 Å². The summed E-state index contributed by atoms with van der Waals surface area (Å²) in [5.74, 6) is 0. The lowest BCUT2D eigenvalue weighted by Gasteiger charge is -1.89. The number of hydrogen-bond donors (Lipinski definition) is 0. The molecule has 0 amide bonds. The Bertz CT molecular complexity index is 113. The Hall–Kier alpha value is -0.870. The Morgan fingerprint density at radius 3 is 3.00 bits per heavy atom. The van der Waals surface area contributed by atoms with Crippen LogP contribution in [0.15, 0.2) is 17.7 Å². The SMILES string of the molecule is [CH-]=C1[C]=CC[C+]=C1. The first-order chi connectivity index (χ1) is 3.39. The molecule has 0 fully saturated rings. The molecule has 1 radical (unpaired) electrons. The monoisotopic (exact) mass is 89.0 g/mol. The zero-order valence-electron chi connectivity index (χ0n) is 3.94. The highest BCUT2D eigenvalue weighted by atomic mass is 13.9. The first-order valence-electron chi connectivity index (χ1n) is 2.17. The fraction of sp³-hybridized carbons (Fsp3) is 0.143. The summed E-state index contributed by atoms with van der Waals surface area (Å²) >= 11 is 0. The van der Waals surface area contributed by atoms with Gasteiger partial charge < -0.3 is 0 Å². The molecule has 0 heteroatoms. The number of allylic oxidation sites excluding steroid dienone is 5. The van der Waals surface area contributed by atoms with Gasteiger partial charge in [0.15, 0.2) is 0 Å². The second-order valence-corrected chi connectivity index (χ2v) is 1.36. The highest BCUT2D eigenvalue weighted by molar-refractivity contribution is 5.22. The second-order valence-electron chi connectivity index (χ2n) is 1.36. The lowest BCUT2D eigenvalue weighted by molar-refractivity contribution is 1.28. The molecule has 0 aromatic rings. The molecule has 0 nitrogen and oxygen atoms in total. The molecule has 0 saturated carbocycles. The van der Waals surface area contributed by atoms with Crippen molar-refractivity contribution < 1.29 is 0 Å². The molecule has 0 bridgehead atoms. The van der Waals surface area contributed by atoms with Crippen molar-refractivity contribution in [1.29, 1.82) is 0 Å². The molecule has 0 aromatic carbocycles. The van der Waals surface area contributed by atoms with Crippen LogP contribution < -0.4 is 0 Å². The molecule has 1 aliphatic carbocycles. The van der Waals surface area contributed by atoms with Gasteiger partial charge in [-0.25, -0.2) is 0 Å². The van der Waals surface area contributed by atoms with E-state index in [2.05, 4.69) is 12.2 Å². The van der Waals surface area contributed by atoms with Crippen molar-refractivity contribution in [1.82, 2.24) is 0 Å². The third kappa shape index (κ3) is 0.989. The molecule has 0 aliphatic heterocycles. The molecule has 33 valence electrons. The summed E-state index contributed by atoms with van der Waals surface area (Å²) in [5, 5.41) is 0. The van der Waals surface area contributed by atoms with Crippen LogP contribution in [0.4, 0.5) is 0 Å². The minimum absolute atomic E-state index is 0.672. The first kappa shape index (κ1) is 4.29. The van der Waals surface area contributed by atoms with Crippen molar-refractivity contribution in [2.24, 2.45) is 0 Å². The van der Waals surface area contributed by atoms with Crippen LogP contribution >= 0.6 is 0 Å². The summed E-state index contributed by atoms with van der Waals surface area (Å²) in [6.07, 6.45) is 10.2. The van der Waals surface area contributed by atoms with Crippen molar-refractivity contribution in [3.63, 3.8) is 0 Å². The minimum atomic E-state index is 0.672. The fourth-order valence-electron chi connectivity index (χ4n) is 0.438. The number of hydrogen-bond acceptors (Lipinski definition) is 0. The molecule has 0 saturated heterocycles. The topological polar surface area (TPSA) is 0 Å². The fourth-order valence-corrected chi connectivity index (χ4v) is 0.438. The zero-order valence-corrected chi connectivity index (χ0v) is 3.94. The summed E-state index contributed by atoms with van der Waals surface area (Å²) in [7, 11) is 0. The molecule has 7 heavy (non-hydrogen) atoms. The quantitative estimate of drug-likeness (QED) is 0.394. The molecule has 0 aromatic heterocycles. The van der Waals surface area contributed by atoms with E-state index in [0.29, 0.717) is 5.57 Å². The predicted molar refractivity (Wildman–Crippen MR) is 28.1 cm³/mol. The van der Waals surface area contributed by atoms with E-state index in [1.807, 2.05) is 6.08 Å². The summed E-state index contributed by atoms with van der Waals surface area (Å²) in [4.78, 5) is 0. The van der Waals surface area contributed by atoms with E-state index in [1.165, 1.54) is 0 Å². The third-order valence-electron chi connectivity index (χ3n) is 0.746.